The van der Waals surface area contributed by atoms with Gasteiger partial charge in [-0.05, 0) is 56.5 Å². The van der Waals surface area contributed by atoms with Crippen molar-refractivity contribution in [3.8, 4) is 0 Å². The molecule has 0 radical (unpaired) electrons. The predicted molar refractivity (Wildman–Crippen MR) is 73.0 cm³/mol. The molecule has 1 aromatic rings. The summed E-state index contributed by atoms with van der Waals surface area (Å²) in [5.41, 5.74) is 2.11. The highest BCUT2D eigenvalue weighted by Crippen LogP contribution is 2.32. The number of ether oxygens (including phenoxy) is 1. The summed E-state index contributed by atoms with van der Waals surface area (Å²) >= 11 is 6.96. The second kappa shape index (κ2) is 6.59. The van der Waals surface area contributed by atoms with Crippen LogP contribution in [0.5, 0.6) is 0 Å². The molecule has 0 amide bonds. The molecule has 0 aliphatic carbocycles. The van der Waals surface area contributed by atoms with E-state index in [-0.39, 0.29) is 0 Å². The van der Waals surface area contributed by atoms with Gasteiger partial charge in [0.1, 0.15) is 0 Å². The standard InChI is InChI=1S/C11H15Br2NO2/c1-7-3-9(12)11(10(13)4-7)14-5-8(15)6-16-2/h3-4,8,14-15H,5-6H2,1-2H3. The highest BCUT2D eigenvalue weighted by molar-refractivity contribution is 9.11. The number of rotatable bonds is 5. The first-order valence-corrected chi connectivity index (χ1v) is 6.49. The van der Waals surface area contributed by atoms with Gasteiger partial charge >= 0.3 is 0 Å². The molecule has 0 spiro atoms. The van der Waals surface area contributed by atoms with E-state index in [2.05, 4.69) is 37.2 Å². The summed E-state index contributed by atoms with van der Waals surface area (Å²) in [4.78, 5) is 0. The van der Waals surface area contributed by atoms with Gasteiger partial charge in [-0.25, -0.2) is 0 Å². The number of aryl methyl sites for hydroxylation is 1. The van der Waals surface area contributed by atoms with Gasteiger partial charge in [0.05, 0.1) is 18.4 Å². The Morgan fingerprint density at radius 3 is 2.44 bits per heavy atom. The van der Waals surface area contributed by atoms with Crippen LogP contribution in [-0.4, -0.2) is 31.5 Å². The lowest BCUT2D eigenvalue weighted by Crippen LogP contribution is -2.24. The maximum atomic E-state index is 9.53. The Balaban J connectivity index is 2.67. The molecule has 0 saturated heterocycles. The zero-order valence-electron chi connectivity index (χ0n) is 9.26. The van der Waals surface area contributed by atoms with E-state index in [1.807, 2.05) is 19.1 Å². The first kappa shape index (κ1) is 14.0. The molecule has 2 N–H and O–H groups in total. The van der Waals surface area contributed by atoms with Crippen molar-refractivity contribution in [2.24, 2.45) is 0 Å². The lowest BCUT2D eigenvalue weighted by Gasteiger charge is -2.15. The van der Waals surface area contributed by atoms with Crippen LogP contribution in [0.3, 0.4) is 0 Å². The van der Waals surface area contributed by atoms with Gasteiger partial charge in [0.15, 0.2) is 0 Å². The molecule has 90 valence electrons. The van der Waals surface area contributed by atoms with E-state index in [0.29, 0.717) is 13.2 Å². The molecule has 0 fully saturated rings. The third-order valence-electron chi connectivity index (χ3n) is 2.06. The molecular weight excluding hydrogens is 338 g/mol. The summed E-state index contributed by atoms with van der Waals surface area (Å²) in [7, 11) is 1.57. The number of halogens is 2. The molecule has 0 saturated carbocycles. The van der Waals surface area contributed by atoms with Crippen LogP contribution in [0.2, 0.25) is 0 Å². The molecule has 1 rings (SSSR count). The van der Waals surface area contributed by atoms with Gasteiger partial charge in [-0.15, -0.1) is 0 Å². The third kappa shape index (κ3) is 4.05. The van der Waals surface area contributed by atoms with Gasteiger partial charge in [0, 0.05) is 22.6 Å². The number of aliphatic hydroxyl groups excluding tert-OH is 1. The zero-order valence-corrected chi connectivity index (χ0v) is 12.4. The Morgan fingerprint density at radius 2 is 1.94 bits per heavy atom. The van der Waals surface area contributed by atoms with Crippen molar-refractivity contribution < 1.29 is 9.84 Å². The third-order valence-corrected chi connectivity index (χ3v) is 3.31. The van der Waals surface area contributed by atoms with E-state index in [1.54, 1.807) is 7.11 Å². The van der Waals surface area contributed by atoms with E-state index in [0.717, 1.165) is 14.6 Å². The minimum absolute atomic E-state index is 0.327. The summed E-state index contributed by atoms with van der Waals surface area (Å²) in [6.45, 7) is 2.81. The molecule has 0 heterocycles. The van der Waals surface area contributed by atoms with Crippen LogP contribution in [0.25, 0.3) is 0 Å². The quantitative estimate of drug-likeness (QED) is 0.856. The van der Waals surface area contributed by atoms with Crippen LogP contribution in [0.15, 0.2) is 21.1 Å². The number of methoxy groups -OCH3 is 1. The summed E-state index contributed by atoms with van der Waals surface area (Å²) in [6, 6.07) is 4.05. The largest absolute Gasteiger partial charge is 0.389 e. The fraction of sp³-hybridized carbons (Fsp3) is 0.455. The fourth-order valence-corrected chi connectivity index (χ4v) is 3.04. The Hall–Kier alpha value is -0.100. The van der Waals surface area contributed by atoms with Crippen LogP contribution in [-0.2, 0) is 4.74 Å². The van der Waals surface area contributed by atoms with Crippen molar-refractivity contribution in [1.29, 1.82) is 0 Å². The highest BCUT2D eigenvalue weighted by Gasteiger charge is 2.08. The molecule has 5 heteroatoms. The maximum Gasteiger partial charge on any atom is 0.0945 e. The van der Waals surface area contributed by atoms with Crippen LogP contribution >= 0.6 is 31.9 Å². The van der Waals surface area contributed by atoms with Crippen molar-refractivity contribution in [2.75, 3.05) is 25.6 Å². The lowest BCUT2D eigenvalue weighted by atomic mass is 10.2. The Bertz CT molecular complexity index is 335. The topological polar surface area (TPSA) is 41.5 Å². The molecular formula is C11H15Br2NO2. The van der Waals surface area contributed by atoms with Gasteiger partial charge in [-0.3, -0.25) is 0 Å². The van der Waals surface area contributed by atoms with Crippen molar-refractivity contribution in [3.63, 3.8) is 0 Å². The number of hydrogen-bond acceptors (Lipinski definition) is 3. The SMILES string of the molecule is COCC(O)CNc1c(Br)cc(C)cc1Br. The van der Waals surface area contributed by atoms with Crippen LogP contribution in [0.1, 0.15) is 5.56 Å². The van der Waals surface area contributed by atoms with Crippen LogP contribution in [0.4, 0.5) is 5.69 Å². The fourth-order valence-electron chi connectivity index (χ4n) is 1.34. The van der Waals surface area contributed by atoms with E-state index in [4.69, 9.17) is 4.74 Å². The summed E-state index contributed by atoms with van der Waals surface area (Å²) in [6.07, 6.45) is -0.509. The van der Waals surface area contributed by atoms with Gasteiger partial charge < -0.3 is 15.2 Å². The van der Waals surface area contributed by atoms with Crippen LogP contribution < -0.4 is 5.32 Å². The summed E-state index contributed by atoms with van der Waals surface area (Å²) in [5.74, 6) is 0. The van der Waals surface area contributed by atoms with Crippen molar-refractivity contribution in [3.05, 3.63) is 26.6 Å². The second-order valence-electron chi connectivity index (χ2n) is 3.59. The van der Waals surface area contributed by atoms with Crippen LogP contribution in [0, 0.1) is 6.92 Å². The predicted octanol–water partition coefficient (Wildman–Crippen LogP) is 2.94. The van der Waals surface area contributed by atoms with Crippen molar-refractivity contribution in [2.45, 2.75) is 13.0 Å². The number of anilines is 1. The van der Waals surface area contributed by atoms with Gasteiger partial charge in [0.25, 0.3) is 0 Å². The second-order valence-corrected chi connectivity index (χ2v) is 5.30. The Labute approximate surface area is 112 Å². The smallest absolute Gasteiger partial charge is 0.0945 e. The number of aliphatic hydroxyl groups is 1. The van der Waals surface area contributed by atoms with Crippen molar-refractivity contribution in [1.82, 2.24) is 0 Å². The first-order valence-electron chi connectivity index (χ1n) is 4.91. The Morgan fingerprint density at radius 1 is 1.38 bits per heavy atom. The molecule has 1 atom stereocenters. The Kier molecular flexibility index (Phi) is 5.75. The monoisotopic (exact) mass is 351 g/mol. The average molecular weight is 353 g/mol. The highest BCUT2D eigenvalue weighted by atomic mass is 79.9. The molecule has 0 aliphatic heterocycles. The van der Waals surface area contributed by atoms with Crippen molar-refractivity contribution >= 4 is 37.5 Å². The van der Waals surface area contributed by atoms with E-state index >= 15 is 0 Å². The maximum absolute atomic E-state index is 9.53. The molecule has 0 bridgehead atoms. The van der Waals surface area contributed by atoms with Gasteiger partial charge in [-0.1, -0.05) is 0 Å². The normalized spacial score (nSPS) is 12.6. The lowest BCUT2D eigenvalue weighted by molar-refractivity contribution is 0.0727. The molecule has 3 nitrogen and oxygen atoms in total. The molecule has 0 aromatic heterocycles. The van der Waals surface area contributed by atoms with E-state index in [9.17, 15) is 5.11 Å². The van der Waals surface area contributed by atoms with Gasteiger partial charge in [-0.2, -0.15) is 0 Å². The summed E-state index contributed by atoms with van der Waals surface area (Å²) < 4.78 is 6.81. The van der Waals surface area contributed by atoms with E-state index < -0.39 is 6.10 Å². The molecule has 1 unspecified atom stereocenters. The molecule has 0 aliphatic rings. The summed E-state index contributed by atoms with van der Waals surface area (Å²) in [5, 5.41) is 12.7. The van der Waals surface area contributed by atoms with E-state index in [1.165, 1.54) is 5.56 Å². The average Bonchev–Trinajstić information content (AvgIpc) is 2.16. The molecule has 16 heavy (non-hydrogen) atoms. The number of nitrogens with one attached hydrogen (secondary N) is 1. The first-order chi connectivity index (χ1) is 7.54. The minimum atomic E-state index is -0.509. The van der Waals surface area contributed by atoms with Gasteiger partial charge in [0.2, 0.25) is 0 Å². The number of benzene rings is 1. The minimum Gasteiger partial charge on any atom is -0.389 e. The zero-order chi connectivity index (χ0) is 12.1. The number of hydrogen-bond donors (Lipinski definition) is 2. The molecule has 1 aromatic carbocycles.